The second kappa shape index (κ2) is 2.49. The summed E-state index contributed by atoms with van der Waals surface area (Å²) in [6, 6.07) is 0. The molecule has 0 aliphatic carbocycles. The van der Waals surface area contributed by atoms with Crippen LogP contribution in [0.25, 0.3) is 0 Å². The zero-order valence-electron chi connectivity index (χ0n) is 3.65. The molecule has 0 unspecified atom stereocenters. The van der Waals surface area contributed by atoms with Gasteiger partial charge in [-0.05, 0) is 0 Å². The van der Waals surface area contributed by atoms with Crippen molar-refractivity contribution in [3.8, 4) is 0 Å². The number of alkyl halides is 2. The molecular formula is C3H4F2O2. The van der Waals surface area contributed by atoms with Crippen LogP contribution in [-0.4, -0.2) is 12.6 Å². The van der Waals surface area contributed by atoms with Gasteiger partial charge < -0.3 is 4.74 Å². The van der Waals surface area contributed by atoms with Gasteiger partial charge in [-0.15, -0.1) is 0 Å². The van der Waals surface area contributed by atoms with Gasteiger partial charge >= 0.3 is 12.6 Å². The number of rotatable bonds is 1. The predicted molar refractivity (Wildman–Crippen MR) is 17.8 cm³/mol. The second-order valence-electron chi connectivity index (χ2n) is 0.870. The number of carbonyl (C=O) groups excluding carboxylic acids is 1. The van der Waals surface area contributed by atoms with Gasteiger partial charge in [0, 0.05) is 6.92 Å². The quantitative estimate of drug-likeness (QED) is 0.466. The highest BCUT2D eigenvalue weighted by molar-refractivity contribution is 5.65. The maximum atomic E-state index is 10.8. The van der Waals surface area contributed by atoms with Gasteiger partial charge in [0.1, 0.15) is 0 Å². The first kappa shape index (κ1) is 6.33. The van der Waals surface area contributed by atoms with Crippen LogP contribution in [0.1, 0.15) is 6.92 Å². The zero-order chi connectivity index (χ0) is 5.86. The second-order valence-corrected chi connectivity index (χ2v) is 0.870. The SMILES string of the molecule is CC(=O)OC(F)F. The van der Waals surface area contributed by atoms with Crippen LogP contribution in [0.3, 0.4) is 0 Å². The fourth-order valence-corrected chi connectivity index (χ4v) is 0.125. The number of hydrogen-bond donors (Lipinski definition) is 0. The van der Waals surface area contributed by atoms with E-state index in [0.29, 0.717) is 0 Å². The summed E-state index contributed by atoms with van der Waals surface area (Å²) in [7, 11) is 0. The van der Waals surface area contributed by atoms with Gasteiger partial charge in [-0.3, -0.25) is 4.79 Å². The minimum absolute atomic E-state index is 0.923. The predicted octanol–water partition coefficient (Wildman–Crippen LogP) is 0.772. The first-order valence-corrected chi connectivity index (χ1v) is 1.58. The van der Waals surface area contributed by atoms with Crippen LogP contribution in [0.2, 0.25) is 0 Å². The Morgan fingerprint density at radius 3 is 2.14 bits per heavy atom. The molecule has 42 valence electrons. The molecule has 0 aliphatic heterocycles. The van der Waals surface area contributed by atoms with Crippen molar-refractivity contribution in [2.75, 3.05) is 0 Å². The van der Waals surface area contributed by atoms with E-state index in [2.05, 4.69) is 4.74 Å². The Morgan fingerprint density at radius 2 is 2.14 bits per heavy atom. The Morgan fingerprint density at radius 1 is 1.71 bits per heavy atom. The van der Waals surface area contributed by atoms with Crippen molar-refractivity contribution in [2.45, 2.75) is 13.5 Å². The van der Waals surface area contributed by atoms with Crippen LogP contribution >= 0.6 is 0 Å². The lowest BCUT2D eigenvalue weighted by molar-refractivity contribution is -0.173. The highest BCUT2D eigenvalue weighted by atomic mass is 19.3. The number of hydrogen-bond acceptors (Lipinski definition) is 2. The van der Waals surface area contributed by atoms with Crippen molar-refractivity contribution >= 4 is 5.97 Å². The average molecular weight is 110 g/mol. The molecule has 0 saturated heterocycles. The maximum absolute atomic E-state index is 10.8. The minimum Gasteiger partial charge on any atom is -0.403 e. The molecule has 2 nitrogen and oxygen atoms in total. The fraction of sp³-hybridized carbons (Fsp3) is 0.667. The number of carbonyl (C=O) groups is 1. The standard InChI is InChI=1S/C3H4F2O2/c1-2(6)7-3(4)5/h3H,1H3. The highest BCUT2D eigenvalue weighted by Gasteiger charge is 2.02. The summed E-state index contributed by atoms with van der Waals surface area (Å²) in [5, 5.41) is 0. The van der Waals surface area contributed by atoms with Crippen LogP contribution in [0, 0.1) is 0 Å². The van der Waals surface area contributed by atoms with E-state index in [-0.39, 0.29) is 0 Å². The molecule has 0 rings (SSSR count). The van der Waals surface area contributed by atoms with Gasteiger partial charge in [-0.2, -0.15) is 8.78 Å². The Labute approximate surface area is 39.1 Å². The molecule has 4 heteroatoms. The maximum Gasteiger partial charge on any atom is 0.389 e. The van der Waals surface area contributed by atoms with E-state index in [9.17, 15) is 13.6 Å². The van der Waals surface area contributed by atoms with Crippen molar-refractivity contribution in [3.05, 3.63) is 0 Å². The normalized spacial score (nSPS) is 9.14. The molecule has 7 heavy (non-hydrogen) atoms. The summed E-state index contributed by atoms with van der Waals surface area (Å²) in [6.07, 6.45) is 0. The third kappa shape index (κ3) is 5.33. The molecule has 0 aliphatic rings. The molecule has 0 N–H and O–H groups in total. The first-order chi connectivity index (χ1) is 3.13. The van der Waals surface area contributed by atoms with Gasteiger partial charge in [-0.1, -0.05) is 0 Å². The summed E-state index contributed by atoms with van der Waals surface area (Å²) < 4.78 is 25.0. The van der Waals surface area contributed by atoms with Crippen LogP contribution in [0.15, 0.2) is 0 Å². The summed E-state index contributed by atoms with van der Waals surface area (Å²) >= 11 is 0. The van der Waals surface area contributed by atoms with Crippen molar-refractivity contribution in [2.24, 2.45) is 0 Å². The average Bonchev–Trinajstić information content (AvgIpc) is 1.27. The Bertz CT molecular complexity index is 71.3. The van der Waals surface area contributed by atoms with Crippen LogP contribution in [0.4, 0.5) is 8.78 Å². The lowest BCUT2D eigenvalue weighted by Gasteiger charge is -1.93. The van der Waals surface area contributed by atoms with E-state index in [1.807, 2.05) is 0 Å². The third-order valence-corrected chi connectivity index (χ3v) is 0.255. The highest BCUT2D eigenvalue weighted by Crippen LogP contribution is 1.92. The van der Waals surface area contributed by atoms with Gasteiger partial charge in [0.25, 0.3) is 0 Å². The lowest BCUT2D eigenvalue weighted by atomic mass is 10.8. The Kier molecular flexibility index (Phi) is 2.26. The van der Waals surface area contributed by atoms with Crippen LogP contribution in [-0.2, 0) is 9.53 Å². The number of halogens is 2. The molecule has 0 amide bonds. The van der Waals surface area contributed by atoms with Gasteiger partial charge in [-0.25, -0.2) is 0 Å². The van der Waals surface area contributed by atoms with E-state index < -0.39 is 12.6 Å². The van der Waals surface area contributed by atoms with E-state index in [0.717, 1.165) is 6.92 Å². The molecule has 0 fully saturated rings. The number of ether oxygens (including phenoxy) is 1. The smallest absolute Gasteiger partial charge is 0.389 e. The van der Waals surface area contributed by atoms with E-state index in [1.54, 1.807) is 0 Å². The third-order valence-electron chi connectivity index (χ3n) is 0.255. The van der Waals surface area contributed by atoms with Gasteiger partial charge in [0.2, 0.25) is 0 Å². The monoisotopic (exact) mass is 110 g/mol. The summed E-state index contributed by atoms with van der Waals surface area (Å²) in [5.41, 5.74) is 0. The van der Waals surface area contributed by atoms with Gasteiger partial charge in [0.15, 0.2) is 0 Å². The molecule has 0 atom stereocenters. The van der Waals surface area contributed by atoms with E-state index in [1.165, 1.54) is 0 Å². The van der Waals surface area contributed by atoms with Crippen molar-refractivity contribution in [1.82, 2.24) is 0 Å². The lowest BCUT2D eigenvalue weighted by Crippen LogP contribution is -2.03. The molecule has 0 aromatic heterocycles. The van der Waals surface area contributed by atoms with Crippen LogP contribution in [0.5, 0.6) is 0 Å². The van der Waals surface area contributed by atoms with E-state index in [4.69, 9.17) is 0 Å². The topological polar surface area (TPSA) is 26.3 Å². The van der Waals surface area contributed by atoms with E-state index >= 15 is 0 Å². The molecular weight excluding hydrogens is 106 g/mol. The molecule has 0 saturated carbocycles. The van der Waals surface area contributed by atoms with Crippen LogP contribution < -0.4 is 0 Å². The van der Waals surface area contributed by atoms with Crippen molar-refractivity contribution in [3.63, 3.8) is 0 Å². The molecule has 0 bridgehead atoms. The minimum atomic E-state index is -2.97. The molecule has 0 aromatic carbocycles. The van der Waals surface area contributed by atoms with Crippen molar-refractivity contribution < 1.29 is 18.3 Å². The Balaban J connectivity index is 3.13. The molecule has 0 aromatic rings. The number of esters is 1. The molecule has 0 spiro atoms. The largest absolute Gasteiger partial charge is 0.403 e. The van der Waals surface area contributed by atoms with Crippen molar-refractivity contribution in [1.29, 1.82) is 0 Å². The molecule has 0 radical (unpaired) electrons. The summed E-state index contributed by atoms with van der Waals surface area (Å²) in [5.74, 6) is -0.963. The molecule has 0 heterocycles. The summed E-state index contributed by atoms with van der Waals surface area (Å²) in [6.45, 7) is -2.05. The Hall–Kier alpha value is -0.670. The zero-order valence-corrected chi connectivity index (χ0v) is 3.65. The summed E-state index contributed by atoms with van der Waals surface area (Å²) in [4.78, 5) is 9.55. The fourth-order valence-electron chi connectivity index (χ4n) is 0.125. The van der Waals surface area contributed by atoms with Gasteiger partial charge in [0.05, 0.1) is 0 Å². The first-order valence-electron chi connectivity index (χ1n) is 1.58.